The number of fused-ring (bicyclic) bond motifs is 1. The van der Waals surface area contributed by atoms with E-state index < -0.39 is 11.8 Å². The van der Waals surface area contributed by atoms with Gasteiger partial charge in [0.25, 0.3) is 0 Å². The Morgan fingerprint density at radius 2 is 2.00 bits per heavy atom. The molecule has 3 aromatic rings. The smallest absolute Gasteiger partial charge is 0.340 e. The molecule has 0 fully saturated rings. The summed E-state index contributed by atoms with van der Waals surface area (Å²) < 4.78 is 19.0. The summed E-state index contributed by atoms with van der Waals surface area (Å²) in [5.74, 6) is -1.09. The van der Waals surface area contributed by atoms with Crippen molar-refractivity contribution in [2.24, 2.45) is 0 Å². The van der Waals surface area contributed by atoms with Crippen LogP contribution in [0, 0.1) is 5.82 Å². The summed E-state index contributed by atoms with van der Waals surface area (Å²) in [5.41, 5.74) is 2.02. The van der Waals surface area contributed by atoms with Gasteiger partial charge in [-0.3, -0.25) is 4.98 Å². The number of pyridine rings is 1. The van der Waals surface area contributed by atoms with Crippen molar-refractivity contribution in [2.75, 3.05) is 32.6 Å². The van der Waals surface area contributed by atoms with Crippen LogP contribution in [0.4, 0.5) is 15.8 Å². The second-order valence-electron chi connectivity index (χ2n) is 6.27. The third-order valence-electron chi connectivity index (χ3n) is 3.95. The van der Waals surface area contributed by atoms with Gasteiger partial charge < -0.3 is 15.0 Å². The highest BCUT2D eigenvalue weighted by molar-refractivity contribution is 6.31. The zero-order chi connectivity index (χ0) is 19.4. The minimum Gasteiger partial charge on any atom is -0.461 e. The average molecular weight is 388 g/mol. The van der Waals surface area contributed by atoms with Crippen LogP contribution in [0.1, 0.15) is 10.4 Å². The number of nitrogens with zero attached hydrogens (tertiary/aromatic N) is 2. The van der Waals surface area contributed by atoms with Gasteiger partial charge in [-0.15, -0.1) is 0 Å². The zero-order valence-corrected chi connectivity index (χ0v) is 15.8. The van der Waals surface area contributed by atoms with Gasteiger partial charge >= 0.3 is 5.97 Å². The molecule has 1 heterocycles. The summed E-state index contributed by atoms with van der Waals surface area (Å²) in [6.45, 7) is 0.804. The second kappa shape index (κ2) is 8.33. The lowest BCUT2D eigenvalue weighted by Gasteiger charge is -2.14. The third kappa shape index (κ3) is 4.72. The number of likely N-dealkylation sites (N-methyl/N-ethyl adjacent to an activating group) is 1. The number of carbonyl (C=O) groups excluding carboxylic acids is 1. The Kier molecular flexibility index (Phi) is 5.88. The van der Waals surface area contributed by atoms with E-state index in [9.17, 15) is 9.18 Å². The van der Waals surface area contributed by atoms with E-state index in [1.54, 1.807) is 24.4 Å². The minimum absolute atomic E-state index is 0.132. The molecule has 0 saturated heterocycles. The molecule has 27 heavy (non-hydrogen) atoms. The fourth-order valence-corrected chi connectivity index (χ4v) is 2.73. The van der Waals surface area contributed by atoms with Crippen LogP contribution in [-0.4, -0.2) is 43.1 Å². The first-order valence-electron chi connectivity index (χ1n) is 8.37. The van der Waals surface area contributed by atoms with E-state index in [4.69, 9.17) is 16.3 Å². The maximum atomic E-state index is 13.7. The maximum Gasteiger partial charge on any atom is 0.340 e. The van der Waals surface area contributed by atoms with E-state index in [0.717, 1.165) is 11.1 Å². The molecule has 0 aliphatic heterocycles. The van der Waals surface area contributed by atoms with Crippen molar-refractivity contribution in [3.05, 3.63) is 65.1 Å². The normalized spacial score (nSPS) is 11.0. The van der Waals surface area contributed by atoms with E-state index in [2.05, 4.69) is 10.3 Å². The van der Waals surface area contributed by atoms with E-state index in [1.165, 1.54) is 18.2 Å². The SMILES string of the molecule is CN(C)CCOC(=O)c1cc(F)ccc1Nc1ccnc2cc(Cl)ccc12. The Morgan fingerprint density at radius 3 is 2.78 bits per heavy atom. The van der Waals surface area contributed by atoms with Crippen LogP contribution >= 0.6 is 11.6 Å². The largest absolute Gasteiger partial charge is 0.461 e. The number of halogens is 2. The molecule has 3 rings (SSSR count). The van der Waals surface area contributed by atoms with Crippen molar-refractivity contribution >= 4 is 39.8 Å². The molecule has 1 aromatic heterocycles. The van der Waals surface area contributed by atoms with Crippen LogP contribution in [0.3, 0.4) is 0 Å². The topological polar surface area (TPSA) is 54.5 Å². The number of hydrogen-bond acceptors (Lipinski definition) is 5. The number of hydrogen-bond donors (Lipinski definition) is 1. The predicted molar refractivity (Wildman–Crippen MR) is 105 cm³/mol. The van der Waals surface area contributed by atoms with Crippen molar-refractivity contribution < 1.29 is 13.9 Å². The lowest BCUT2D eigenvalue weighted by atomic mass is 10.1. The lowest BCUT2D eigenvalue weighted by Crippen LogP contribution is -2.20. The molecule has 0 atom stereocenters. The Labute approximate surface area is 161 Å². The summed E-state index contributed by atoms with van der Waals surface area (Å²) in [6, 6.07) is 11.1. The number of benzene rings is 2. The molecule has 140 valence electrons. The Balaban J connectivity index is 1.90. The first-order chi connectivity index (χ1) is 12.9. The van der Waals surface area contributed by atoms with Gasteiger partial charge in [-0.1, -0.05) is 11.6 Å². The molecule has 0 radical (unpaired) electrons. The van der Waals surface area contributed by atoms with Gasteiger partial charge in [-0.05, 0) is 56.6 Å². The fourth-order valence-electron chi connectivity index (χ4n) is 2.57. The number of ether oxygens (including phenoxy) is 1. The number of nitrogens with one attached hydrogen (secondary N) is 1. The molecule has 2 aromatic carbocycles. The van der Waals surface area contributed by atoms with E-state index >= 15 is 0 Å². The van der Waals surface area contributed by atoms with Crippen LogP contribution in [-0.2, 0) is 4.74 Å². The van der Waals surface area contributed by atoms with Crippen molar-refractivity contribution in [1.29, 1.82) is 0 Å². The highest BCUT2D eigenvalue weighted by Gasteiger charge is 2.15. The van der Waals surface area contributed by atoms with E-state index in [1.807, 2.05) is 25.1 Å². The van der Waals surface area contributed by atoms with Gasteiger partial charge in [0.05, 0.1) is 16.8 Å². The summed E-state index contributed by atoms with van der Waals surface area (Å²) in [6.07, 6.45) is 1.64. The summed E-state index contributed by atoms with van der Waals surface area (Å²) in [7, 11) is 3.76. The number of anilines is 2. The molecule has 5 nitrogen and oxygen atoms in total. The molecule has 0 unspecified atom stereocenters. The van der Waals surface area contributed by atoms with Gasteiger partial charge in [0.2, 0.25) is 0 Å². The predicted octanol–water partition coefficient (Wildman–Crippen LogP) is 4.49. The number of esters is 1. The number of rotatable bonds is 6. The van der Waals surface area contributed by atoms with Gasteiger partial charge in [0.15, 0.2) is 0 Å². The highest BCUT2D eigenvalue weighted by atomic mass is 35.5. The van der Waals surface area contributed by atoms with Crippen LogP contribution in [0.15, 0.2) is 48.7 Å². The van der Waals surface area contributed by atoms with Gasteiger partial charge in [-0.25, -0.2) is 9.18 Å². The van der Waals surface area contributed by atoms with Crippen LogP contribution in [0.2, 0.25) is 5.02 Å². The summed E-state index contributed by atoms with van der Waals surface area (Å²) >= 11 is 6.02. The van der Waals surface area contributed by atoms with Crippen molar-refractivity contribution in [3.63, 3.8) is 0 Å². The molecule has 0 amide bonds. The number of aromatic nitrogens is 1. The van der Waals surface area contributed by atoms with Crippen molar-refractivity contribution in [1.82, 2.24) is 9.88 Å². The summed E-state index contributed by atoms with van der Waals surface area (Å²) in [5, 5.41) is 4.60. The van der Waals surface area contributed by atoms with Crippen molar-refractivity contribution in [2.45, 2.75) is 0 Å². The standard InChI is InChI=1S/C20H19ClFN3O2/c1-25(2)9-10-27-20(26)16-12-14(22)4-6-17(16)24-18-7-8-23-19-11-13(21)3-5-15(18)19/h3-8,11-12H,9-10H2,1-2H3,(H,23,24). The van der Waals surface area contributed by atoms with Crippen molar-refractivity contribution in [3.8, 4) is 0 Å². The van der Waals surface area contributed by atoms with E-state index in [0.29, 0.717) is 22.8 Å². The summed E-state index contributed by atoms with van der Waals surface area (Å²) in [4.78, 5) is 18.6. The first-order valence-corrected chi connectivity index (χ1v) is 8.74. The molecule has 1 N–H and O–H groups in total. The Bertz CT molecular complexity index is 979. The zero-order valence-electron chi connectivity index (χ0n) is 15.0. The Hall–Kier alpha value is -2.70. The Morgan fingerprint density at radius 1 is 1.19 bits per heavy atom. The lowest BCUT2D eigenvalue weighted by molar-refractivity contribution is 0.0482. The fraction of sp³-hybridized carbons (Fsp3) is 0.200. The molecule has 0 aliphatic carbocycles. The molecule has 7 heteroatoms. The monoisotopic (exact) mass is 387 g/mol. The molecule has 0 bridgehead atoms. The second-order valence-corrected chi connectivity index (χ2v) is 6.71. The quantitative estimate of drug-likeness (QED) is 0.631. The molecular formula is C20H19ClFN3O2. The van der Waals surface area contributed by atoms with Crippen LogP contribution in [0.5, 0.6) is 0 Å². The third-order valence-corrected chi connectivity index (χ3v) is 4.18. The molecule has 0 aliphatic rings. The first kappa shape index (κ1) is 19.1. The van der Waals surface area contributed by atoms with E-state index in [-0.39, 0.29) is 12.2 Å². The van der Waals surface area contributed by atoms with Crippen LogP contribution < -0.4 is 5.32 Å². The van der Waals surface area contributed by atoms with Gasteiger partial charge in [-0.2, -0.15) is 0 Å². The molecule has 0 saturated carbocycles. The molecule has 0 spiro atoms. The minimum atomic E-state index is -0.583. The van der Waals surface area contributed by atoms with Gasteiger partial charge in [0.1, 0.15) is 12.4 Å². The van der Waals surface area contributed by atoms with Crippen LogP contribution in [0.25, 0.3) is 10.9 Å². The molecular weight excluding hydrogens is 369 g/mol. The maximum absolute atomic E-state index is 13.7. The number of carbonyl (C=O) groups is 1. The average Bonchev–Trinajstić information content (AvgIpc) is 2.62. The highest BCUT2D eigenvalue weighted by Crippen LogP contribution is 2.29. The van der Waals surface area contributed by atoms with Gasteiger partial charge in [0, 0.05) is 28.8 Å².